The Morgan fingerprint density at radius 1 is 1.19 bits per heavy atom. The van der Waals surface area contributed by atoms with Crippen molar-refractivity contribution < 1.29 is 14.3 Å². The first-order valence-corrected chi connectivity index (χ1v) is 9.74. The smallest absolute Gasteiger partial charge is 0.302 e. The van der Waals surface area contributed by atoms with Crippen molar-refractivity contribution >= 4 is 27.5 Å². The second kappa shape index (κ2) is 8.97. The number of hydrogen-bond acceptors (Lipinski definition) is 6. The van der Waals surface area contributed by atoms with E-state index in [0.717, 1.165) is 44.9 Å². The molecule has 0 aliphatic carbocycles. The van der Waals surface area contributed by atoms with Gasteiger partial charge in [-0.25, -0.2) is 4.98 Å². The number of carbonyl (C=O) groups is 1. The summed E-state index contributed by atoms with van der Waals surface area (Å²) in [6.07, 6.45) is 2.77. The third-order valence-electron chi connectivity index (χ3n) is 4.11. The molecule has 142 valence electrons. The molecule has 0 spiro atoms. The van der Waals surface area contributed by atoms with Gasteiger partial charge < -0.3 is 14.4 Å². The Morgan fingerprint density at radius 3 is 2.67 bits per heavy atom. The molecule has 0 saturated heterocycles. The van der Waals surface area contributed by atoms with Crippen molar-refractivity contribution in [2.75, 3.05) is 27.2 Å². The molecule has 0 aliphatic rings. The number of nitrogens with zero attached hydrogens (tertiary/aromatic N) is 2. The lowest BCUT2D eigenvalue weighted by Crippen LogP contribution is -2.15. The fraction of sp³-hybridized carbons (Fsp3) is 0.333. The lowest BCUT2D eigenvalue weighted by atomic mass is 10.0. The molecule has 0 bridgehead atoms. The lowest BCUT2D eigenvalue weighted by Gasteiger charge is -2.11. The van der Waals surface area contributed by atoms with Crippen molar-refractivity contribution in [1.29, 1.82) is 0 Å². The van der Waals surface area contributed by atoms with Crippen LogP contribution in [0.4, 0.5) is 0 Å². The number of esters is 1. The molecule has 0 unspecified atom stereocenters. The zero-order valence-corrected chi connectivity index (χ0v) is 16.7. The molecule has 0 saturated carbocycles. The van der Waals surface area contributed by atoms with Crippen molar-refractivity contribution in [3.05, 3.63) is 47.5 Å². The summed E-state index contributed by atoms with van der Waals surface area (Å²) in [6, 6.07) is 12.1. The topological polar surface area (TPSA) is 51.7 Å². The minimum Gasteiger partial charge on any atom is -0.494 e. The minimum atomic E-state index is -0.284. The van der Waals surface area contributed by atoms with E-state index in [0.29, 0.717) is 6.61 Å². The average molecular weight is 385 g/mol. The van der Waals surface area contributed by atoms with Gasteiger partial charge >= 0.3 is 5.97 Å². The van der Waals surface area contributed by atoms with Crippen LogP contribution < -0.4 is 4.74 Å². The Morgan fingerprint density at radius 2 is 1.96 bits per heavy atom. The summed E-state index contributed by atoms with van der Waals surface area (Å²) < 4.78 is 11.1. The van der Waals surface area contributed by atoms with Gasteiger partial charge in [0.25, 0.3) is 0 Å². The molecule has 0 aliphatic heterocycles. The molecule has 2 heterocycles. The van der Waals surface area contributed by atoms with Crippen LogP contribution in [0.5, 0.6) is 5.75 Å². The van der Waals surface area contributed by atoms with Crippen LogP contribution in [0, 0.1) is 0 Å². The van der Waals surface area contributed by atoms with Crippen molar-refractivity contribution in [2.24, 2.45) is 0 Å². The molecule has 0 N–H and O–H groups in total. The molecule has 1 aromatic carbocycles. The Hall–Kier alpha value is -2.44. The summed E-state index contributed by atoms with van der Waals surface area (Å²) >= 11 is 1.56. The molecule has 0 atom stereocenters. The van der Waals surface area contributed by atoms with Crippen molar-refractivity contribution in [3.63, 3.8) is 0 Å². The number of carbonyl (C=O) groups excluding carboxylic acids is 1. The zero-order chi connectivity index (χ0) is 19.2. The fourth-order valence-electron chi connectivity index (χ4n) is 2.85. The van der Waals surface area contributed by atoms with Gasteiger partial charge in [-0.2, -0.15) is 0 Å². The van der Waals surface area contributed by atoms with Gasteiger partial charge in [0, 0.05) is 30.6 Å². The first-order valence-electron chi connectivity index (χ1n) is 8.92. The molecular formula is C21H24N2O3S. The second-order valence-corrected chi connectivity index (χ2v) is 7.65. The first-order chi connectivity index (χ1) is 13.0. The number of thiophene rings is 1. The van der Waals surface area contributed by atoms with Crippen LogP contribution in [0.15, 0.2) is 42.6 Å². The van der Waals surface area contributed by atoms with Gasteiger partial charge in [-0.05, 0) is 50.3 Å². The predicted molar refractivity (Wildman–Crippen MR) is 109 cm³/mol. The number of hydrogen-bond donors (Lipinski definition) is 0. The van der Waals surface area contributed by atoms with E-state index in [9.17, 15) is 4.79 Å². The van der Waals surface area contributed by atoms with Gasteiger partial charge in [-0.3, -0.25) is 4.79 Å². The molecule has 5 nitrogen and oxygen atoms in total. The zero-order valence-electron chi connectivity index (χ0n) is 15.9. The van der Waals surface area contributed by atoms with E-state index in [2.05, 4.69) is 30.0 Å². The van der Waals surface area contributed by atoms with E-state index in [1.165, 1.54) is 6.92 Å². The molecule has 0 amide bonds. The van der Waals surface area contributed by atoms with Crippen LogP contribution in [0.2, 0.25) is 0 Å². The molecule has 0 radical (unpaired) electrons. The lowest BCUT2D eigenvalue weighted by molar-refractivity contribution is -0.142. The standard InChI is InChI=1S/C21H24N2O3S/c1-15(24)26-14-19-20(18-6-4-11-22-21(18)27-19)16-7-9-17(10-8-16)25-13-5-12-23(2)3/h4,6-11H,5,12-14H2,1-3H3. The monoisotopic (exact) mass is 384 g/mol. The second-order valence-electron chi connectivity index (χ2n) is 6.57. The Balaban J connectivity index is 1.81. The molecular weight excluding hydrogens is 360 g/mol. The van der Waals surface area contributed by atoms with Crippen LogP contribution in [-0.4, -0.2) is 43.1 Å². The van der Waals surface area contributed by atoms with Gasteiger partial charge in [-0.1, -0.05) is 12.1 Å². The van der Waals surface area contributed by atoms with Crippen LogP contribution in [0.3, 0.4) is 0 Å². The summed E-state index contributed by atoms with van der Waals surface area (Å²) in [5.41, 5.74) is 2.14. The van der Waals surface area contributed by atoms with Gasteiger partial charge in [-0.15, -0.1) is 11.3 Å². The van der Waals surface area contributed by atoms with Crippen LogP contribution in [-0.2, 0) is 16.1 Å². The van der Waals surface area contributed by atoms with E-state index in [4.69, 9.17) is 9.47 Å². The molecule has 2 aromatic heterocycles. The van der Waals surface area contributed by atoms with Crippen molar-refractivity contribution in [3.8, 4) is 16.9 Å². The SMILES string of the molecule is CC(=O)OCc1sc2ncccc2c1-c1ccc(OCCCN(C)C)cc1. The van der Waals surface area contributed by atoms with E-state index in [1.54, 1.807) is 17.5 Å². The number of aromatic nitrogens is 1. The first kappa shape index (κ1) is 19.3. The van der Waals surface area contributed by atoms with Crippen LogP contribution in [0.1, 0.15) is 18.2 Å². The van der Waals surface area contributed by atoms with E-state index >= 15 is 0 Å². The molecule has 27 heavy (non-hydrogen) atoms. The Kier molecular flexibility index (Phi) is 6.42. The van der Waals surface area contributed by atoms with Crippen molar-refractivity contribution in [2.45, 2.75) is 20.0 Å². The van der Waals surface area contributed by atoms with Gasteiger partial charge in [0.1, 0.15) is 17.2 Å². The normalized spacial score (nSPS) is 11.1. The van der Waals surface area contributed by atoms with E-state index < -0.39 is 0 Å². The summed E-state index contributed by atoms with van der Waals surface area (Å²) in [7, 11) is 4.12. The summed E-state index contributed by atoms with van der Waals surface area (Å²) in [4.78, 5) is 19.8. The Labute approximate surface area is 163 Å². The van der Waals surface area contributed by atoms with E-state index in [-0.39, 0.29) is 12.6 Å². The average Bonchev–Trinajstić information content (AvgIpc) is 3.02. The van der Waals surface area contributed by atoms with E-state index in [1.807, 2.05) is 30.3 Å². The van der Waals surface area contributed by atoms with Gasteiger partial charge in [0.15, 0.2) is 0 Å². The highest BCUT2D eigenvalue weighted by Crippen LogP contribution is 2.38. The maximum absolute atomic E-state index is 11.2. The largest absolute Gasteiger partial charge is 0.494 e. The van der Waals surface area contributed by atoms with Gasteiger partial charge in [0.2, 0.25) is 0 Å². The number of pyridine rings is 1. The molecule has 0 fully saturated rings. The van der Waals surface area contributed by atoms with Gasteiger partial charge in [0.05, 0.1) is 11.5 Å². The highest BCUT2D eigenvalue weighted by atomic mass is 32.1. The highest BCUT2D eigenvalue weighted by Gasteiger charge is 2.15. The number of fused-ring (bicyclic) bond motifs is 1. The maximum atomic E-state index is 11.2. The molecule has 3 aromatic rings. The molecule has 3 rings (SSSR count). The fourth-order valence-corrected chi connectivity index (χ4v) is 3.93. The quantitative estimate of drug-likeness (QED) is 0.427. The third kappa shape index (κ3) is 5.05. The summed E-state index contributed by atoms with van der Waals surface area (Å²) in [5.74, 6) is 0.574. The van der Waals surface area contributed by atoms with Crippen molar-refractivity contribution in [1.82, 2.24) is 9.88 Å². The maximum Gasteiger partial charge on any atom is 0.302 e. The predicted octanol–water partition coefficient (Wildman–Crippen LogP) is 4.36. The summed E-state index contributed by atoms with van der Waals surface area (Å²) in [6.45, 7) is 3.38. The molecule has 6 heteroatoms. The Bertz CT molecular complexity index is 903. The minimum absolute atomic E-state index is 0.258. The van der Waals surface area contributed by atoms with Crippen LogP contribution in [0.25, 0.3) is 21.3 Å². The number of benzene rings is 1. The highest BCUT2D eigenvalue weighted by molar-refractivity contribution is 7.19. The number of ether oxygens (including phenoxy) is 2. The third-order valence-corrected chi connectivity index (χ3v) is 5.19. The summed E-state index contributed by atoms with van der Waals surface area (Å²) in [5, 5.41) is 1.07. The number of rotatable bonds is 8. The van der Waals surface area contributed by atoms with Crippen LogP contribution >= 0.6 is 11.3 Å².